The van der Waals surface area contributed by atoms with Crippen molar-refractivity contribution in [1.29, 1.82) is 0 Å². The fourth-order valence-electron chi connectivity index (χ4n) is 1.92. The van der Waals surface area contributed by atoms with E-state index >= 15 is 0 Å². The minimum absolute atomic E-state index is 0.00592. The molecule has 0 bridgehead atoms. The lowest BCUT2D eigenvalue weighted by Crippen LogP contribution is -2.39. The Balaban J connectivity index is 1.92. The van der Waals surface area contributed by atoms with Gasteiger partial charge >= 0.3 is 6.03 Å². The van der Waals surface area contributed by atoms with E-state index in [2.05, 4.69) is 15.4 Å². The maximum Gasteiger partial charge on any atom is 0.320 e. The van der Waals surface area contributed by atoms with E-state index in [4.69, 9.17) is 0 Å². The molecule has 0 atom stereocenters. The van der Waals surface area contributed by atoms with E-state index in [1.165, 1.54) is 36.4 Å². The van der Waals surface area contributed by atoms with Crippen molar-refractivity contribution in [3.8, 4) is 0 Å². The molecule has 9 nitrogen and oxygen atoms in total. The van der Waals surface area contributed by atoms with Gasteiger partial charge in [0.2, 0.25) is 10.0 Å². The number of anilines is 1. The molecular formula is C15H16N4O5S. The number of carbonyl (C=O) groups is 1. The number of para-hydroxylation sites is 2. The van der Waals surface area contributed by atoms with Gasteiger partial charge in [-0.15, -0.1) is 0 Å². The van der Waals surface area contributed by atoms with Gasteiger partial charge in [0, 0.05) is 6.07 Å². The van der Waals surface area contributed by atoms with Crippen LogP contribution in [0.2, 0.25) is 0 Å². The summed E-state index contributed by atoms with van der Waals surface area (Å²) in [4.78, 5) is 22.1. The Morgan fingerprint density at radius 2 is 1.76 bits per heavy atom. The van der Waals surface area contributed by atoms with Crippen LogP contribution in [-0.2, 0) is 10.0 Å². The number of hydrogen-bond acceptors (Lipinski definition) is 5. The van der Waals surface area contributed by atoms with Gasteiger partial charge in [0.15, 0.2) is 0 Å². The van der Waals surface area contributed by atoms with Crippen LogP contribution in [-0.4, -0.2) is 26.0 Å². The number of nitro benzene ring substituents is 1. The molecule has 10 heteroatoms. The Morgan fingerprint density at radius 1 is 1.12 bits per heavy atom. The molecule has 25 heavy (non-hydrogen) atoms. The second kappa shape index (κ2) is 7.73. The summed E-state index contributed by atoms with van der Waals surface area (Å²) in [5.41, 5.74) is 0.658. The zero-order valence-electron chi connectivity index (χ0n) is 13.2. The largest absolute Gasteiger partial charge is 0.324 e. The Labute approximate surface area is 144 Å². The molecular weight excluding hydrogens is 348 g/mol. The van der Waals surface area contributed by atoms with Crippen molar-refractivity contribution in [1.82, 2.24) is 10.0 Å². The number of nitrogens with zero attached hydrogens (tertiary/aromatic N) is 1. The van der Waals surface area contributed by atoms with Gasteiger partial charge in [-0.3, -0.25) is 10.1 Å². The third kappa shape index (κ3) is 4.99. The number of rotatable bonds is 6. The van der Waals surface area contributed by atoms with Gasteiger partial charge in [0.1, 0.15) is 5.69 Å². The van der Waals surface area contributed by atoms with Gasteiger partial charge in [-0.1, -0.05) is 29.8 Å². The highest BCUT2D eigenvalue weighted by atomic mass is 32.2. The molecule has 0 radical (unpaired) electrons. The standard InChI is InChI=1S/C15H16N4O5S/c1-11-6-8-12(9-7-11)25(23,24)17-10-16-15(20)18-13-4-2-3-5-14(13)19(21)22/h2-9,17H,10H2,1H3,(H2,16,18,20). The summed E-state index contributed by atoms with van der Waals surface area (Å²) in [6.45, 7) is 1.46. The lowest BCUT2D eigenvalue weighted by molar-refractivity contribution is -0.383. The molecule has 2 amide bonds. The first-order valence-corrected chi connectivity index (χ1v) is 8.62. The predicted octanol–water partition coefficient (Wildman–Crippen LogP) is 1.96. The van der Waals surface area contributed by atoms with E-state index in [0.29, 0.717) is 0 Å². The molecule has 0 spiro atoms. The van der Waals surface area contributed by atoms with Crippen LogP contribution in [0.3, 0.4) is 0 Å². The maximum atomic E-state index is 12.1. The first-order chi connectivity index (χ1) is 11.8. The zero-order chi connectivity index (χ0) is 18.4. The second-order valence-electron chi connectivity index (χ2n) is 5.04. The molecule has 0 aliphatic heterocycles. The Bertz CT molecular complexity index is 881. The molecule has 0 aliphatic rings. The van der Waals surface area contributed by atoms with Crippen molar-refractivity contribution in [3.63, 3.8) is 0 Å². The number of amides is 2. The van der Waals surface area contributed by atoms with E-state index in [1.54, 1.807) is 12.1 Å². The number of sulfonamides is 1. The lowest BCUT2D eigenvalue weighted by atomic mass is 10.2. The number of aryl methyl sites for hydroxylation is 1. The first-order valence-electron chi connectivity index (χ1n) is 7.14. The van der Waals surface area contributed by atoms with Crippen molar-refractivity contribution in [2.75, 3.05) is 12.0 Å². The highest BCUT2D eigenvalue weighted by Gasteiger charge is 2.16. The van der Waals surface area contributed by atoms with E-state index in [1.807, 2.05) is 6.92 Å². The van der Waals surface area contributed by atoms with Gasteiger partial charge in [-0.25, -0.2) is 13.2 Å². The number of nitro groups is 1. The van der Waals surface area contributed by atoms with E-state index in [-0.39, 0.29) is 22.9 Å². The third-order valence-corrected chi connectivity index (χ3v) is 4.61. The molecule has 0 unspecified atom stereocenters. The summed E-state index contributed by atoms with van der Waals surface area (Å²) < 4.78 is 26.3. The van der Waals surface area contributed by atoms with Crippen molar-refractivity contribution < 1.29 is 18.1 Å². The van der Waals surface area contributed by atoms with Crippen LogP contribution in [0, 0.1) is 17.0 Å². The summed E-state index contributed by atoms with van der Waals surface area (Å²) >= 11 is 0. The number of benzene rings is 2. The second-order valence-corrected chi connectivity index (χ2v) is 6.81. The van der Waals surface area contributed by atoms with Crippen LogP contribution < -0.4 is 15.4 Å². The van der Waals surface area contributed by atoms with Gasteiger partial charge in [0.25, 0.3) is 5.69 Å². The van der Waals surface area contributed by atoms with Gasteiger partial charge in [-0.2, -0.15) is 4.72 Å². The van der Waals surface area contributed by atoms with Crippen LogP contribution in [0.15, 0.2) is 53.4 Å². The third-order valence-electron chi connectivity index (χ3n) is 3.19. The predicted molar refractivity (Wildman–Crippen MR) is 91.6 cm³/mol. The normalized spacial score (nSPS) is 10.9. The first kappa shape index (κ1) is 18.4. The molecule has 3 N–H and O–H groups in total. The topological polar surface area (TPSA) is 130 Å². The molecule has 0 saturated heterocycles. The Morgan fingerprint density at radius 3 is 2.40 bits per heavy atom. The lowest BCUT2D eigenvalue weighted by Gasteiger charge is -2.10. The molecule has 2 rings (SSSR count). The molecule has 2 aromatic rings. The molecule has 2 aromatic carbocycles. The molecule has 0 saturated carbocycles. The summed E-state index contributed by atoms with van der Waals surface area (Å²) in [7, 11) is -3.77. The number of hydrogen-bond donors (Lipinski definition) is 3. The SMILES string of the molecule is Cc1ccc(S(=O)(=O)NCNC(=O)Nc2ccccc2[N+](=O)[O-])cc1. The molecule has 0 heterocycles. The number of nitrogens with one attached hydrogen (secondary N) is 3. The van der Waals surface area contributed by atoms with Gasteiger partial charge < -0.3 is 10.6 Å². The summed E-state index contributed by atoms with van der Waals surface area (Å²) in [5.74, 6) is 0. The average Bonchev–Trinajstić information content (AvgIpc) is 2.55. The van der Waals surface area contributed by atoms with Crippen LogP contribution in [0.5, 0.6) is 0 Å². The molecule has 0 aromatic heterocycles. The molecule has 0 fully saturated rings. The van der Waals surface area contributed by atoms with Crippen molar-refractivity contribution >= 4 is 27.4 Å². The fourth-order valence-corrected chi connectivity index (χ4v) is 2.84. The zero-order valence-corrected chi connectivity index (χ0v) is 14.0. The Kier molecular flexibility index (Phi) is 5.67. The fraction of sp³-hybridized carbons (Fsp3) is 0.133. The van der Waals surface area contributed by atoms with Crippen LogP contribution in [0.25, 0.3) is 0 Å². The average molecular weight is 364 g/mol. The van der Waals surface area contributed by atoms with Crippen LogP contribution >= 0.6 is 0 Å². The minimum atomic E-state index is -3.77. The van der Waals surface area contributed by atoms with Crippen molar-refractivity contribution in [2.45, 2.75) is 11.8 Å². The van der Waals surface area contributed by atoms with E-state index in [0.717, 1.165) is 5.56 Å². The summed E-state index contributed by atoms with van der Waals surface area (Å²) in [5, 5.41) is 15.4. The summed E-state index contributed by atoms with van der Waals surface area (Å²) in [6.07, 6.45) is 0. The molecule has 0 aliphatic carbocycles. The van der Waals surface area contributed by atoms with Crippen LogP contribution in [0.1, 0.15) is 5.56 Å². The van der Waals surface area contributed by atoms with Gasteiger partial charge in [0.05, 0.1) is 16.5 Å². The summed E-state index contributed by atoms with van der Waals surface area (Å²) in [6, 6.07) is 11.0. The highest BCUT2D eigenvalue weighted by molar-refractivity contribution is 7.89. The monoisotopic (exact) mass is 364 g/mol. The maximum absolute atomic E-state index is 12.1. The van der Waals surface area contributed by atoms with Crippen LogP contribution in [0.4, 0.5) is 16.2 Å². The van der Waals surface area contributed by atoms with Crippen molar-refractivity contribution in [2.24, 2.45) is 0 Å². The van der Waals surface area contributed by atoms with Gasteiger partial charge in [-0.05, 0) is 25.1 Å². The smallest absolute Gasteiger partial charge is 0.320 e. The van der Waals surface area contributed by atoms with E-state index < -0.39 is 21.0 Å². The Hall–Kier alpha value is -2.98. The highest BCUT2D eigenvalue weighted by Crippen LogP contribution is 2.22. The van der Waals surface area contributed by atoms with Crippen molar-refractivity contribution in [3.05, 3.63) is 64.2 Å². The molecule has 132 valence electrons. The minimum Gasteiger partial charge on any atom is -0.324 e. The number of carbonyl (C=O) groups excluding carboxylic acids is 1. The van der Waals surface area contributed by atoms with E-state index in [9.17, 15) is 23.3 Å². The quantitative estimate of drug-likeness (QED) is 0.410. The number of urea groups is 1.